The van der Waals surface area contributed by atoms with Gasteiger partial charge in [-0.15, -0.1) is 0 Å². The van der Waals surface area contributed by atoms with Gasteiger partial charge in [-0.1, -0.05) is 12.1 Å². The number of nitrogens with zero attached hydrogens (tertiary/aromatic N) is 5. The number of amides is 1. The van der Waals surface area contributed by atoms with Crippen LogP contribution in [0, 0.1) is 10.1 Å². The van der Waals surface area contributed by atoms with Crippen molar-refractivity contribution in [1.29, 1.82) is 0 Å². The number of benzene rings is 1. The number of carbonyl (C=O) groups is 1. The Morgan fingerprint density at radius 3 is 2.85 bits per heavy atom. The van der Waals surface area contributed by atoms with E-state index in [1.165, 1.54) is 18.3 Å². The first-order valence-electron chi connectivity index (χ1n) is 8.14. The molecule has 1 amide bonds. The van der Waals surface area contributed by atoms with E-state index in [4.69, 9.17) is 4.74 Å². The molecule has 1 aliphatic heterocycles. The molecule has 0 N–H and O–H groups in total. The van der Waals surface area contributed by atoms with Crippen LogP contribution in [-0.4, -0.2) is 59.0 Å². The van der Waals surface area contributed by atoms with Crippen LogP contribution in [0.1, 0.15) is 16.8 Å². The Morgan fingerprint density at radius 2 is 2.12 bits per heavy atom. The molecule has 0 saturated carbocycles. The number of aromatic nitrogens is 2. The summed E-state index contributed by atoms with van der Waals surface area (Å²) in [6, 6.07) is 5.97. The first-order chi connectivity index (χ1) is 12.5. The quantitative estimate of drug-likeness (QED) is 0.593. The summed E-state index contributed by atoms with van der Waals surface area (Å²) in [6.45, 7) is 0.815. The summed E-state index contributed by atoms with van der Waals surface area (Å²) in [5, 5.41) is 11.1. The lowest BCUT2D eigenvalue weighted by Gasteiger charge is -2.17. The highest BCUT2D eigenvalue weighted by Gasteiger charge is 2.31. The fourth-order valence-corrected chi connectivity index (χ4v) is 2.77. The average Bonchev–Trinajstić information content (AvgIpc) is 3.09. The minimum absolute atomic E-state index is 0.0903. The molecule has 1 fully saturated rings. The normalized spacial score (nSPS) is 16.4. The minimum atomic E-state index is -0.542. The molecule has 2 heterocycles. The number of ether oxygens (including phenoxy) is 1. The topological polar surface area (TPSA) is 102 Å². The molecule has 26 heavy (non-hydrogen) atoms. The first kappa shape index (κ1) is 17.6. The number of nitro groups is 1. The Kier molecular flexibility index (Phi) is 4.97. The molecular formula is C17H19N5O4. The van der Waals surface area contributed by atoms with Crippen LogP contribution in [0.15, 0.2) is 36.7 Å². The van der Waals surface area contributed by atoms with Gasteiger partial charge in [0.25, 0.3) is 11.6 Å². The van der Waals surface area contributed by atoms with Crippen molar-refractivity contribution >= 4 is 17.4 Å². The van der Waals surface area contributed by atoms with E-state index in [2.05, 4.69) is 9.97 Å². The van der Waals surface area contributed by atoms with Crippen molar-refractivity contribution in [2.75, 3.05) is 32.1 Å². The molecule has 1 saturated heterocycles. The maximum atomic E-state index is 12.6. The Bertz CT molecular complexity index is 826. The van der Waals surface area contributed by atoms with E-state index in [0.717, 1.165) is 0 Å². The van der Waals surface area contributed by atoms with Crippen LogP contribution in [0.2, 0.25) is 0 Å². The monoisotopic (exact) mass is 357 g/mol. The van der Waals surface area contributed by atoms with Crippen molar-refractivity contribution < 1.29 is 14.5 Å². The molecule has 1 aromatic carbocycles. The van der Waals surface area contributed by atoms with Gasteiger partial charge in [0.2, 0.25) is 5.88 Å². The van der Waals surface area contributed by atoms with Crippen molar-refractivity contribution in [2.24, 2.45) is 0 Å². The second-order valence-electron chi connectivity index (χ2n) is 6.16. The lowest BCUT2D eigenvalue weighted by molar-refractivity contribution is -0.385. The van der Waals surface area contributed by atoms with Gasteiger partial charge < -0.3 is 14.5 Å². The van der Waals surface area contributed by atoms with Crippen molar-refractivity contribution in [3.05, 3.63) is 52.3 Å². The molecule has 0 radical (unpaired) electrons. The SMILES string of the molecule is CN(C)c1cncc(OC2CCN(C(=O)c3ccccc3[N+](=O)[O-])C2)n1. The summed E-state index contributed by atoms with van der Waals surface area (Å²) in [6.07, 6.45) is 3.56. The molecule has 2 aromatic rings. The van der Waals surface area contributed by atoms with Gasteiger partial charge in [0.05, 0.1) is 23.9 Å². The molecule has 1 aromatic heterocycles. The summed E-state index contributed by atoms with van der Waals surface area (Å²) in [7, 11) is 3.72. The number of likely N-dealkylation sites (tertiary alicyclic amines) is 1. The predicted octanol–water partition coefficient (Wildman–Crippen LogP) is 1.74. The zero-order valence-electron chi connectivity index (χ0n) is 14.5. The fraction of sp³-hybridized carbons (Fsp3) is 0.353. The third-order valence-corrected chi connectivity index (χ3v) is 4.11. The maximum absolute atomic E-state index is 12.6. The zero-order valence-corrected chi connectivity index (χ0v) is 14.5. The maximum Gasteiger partial charge on any atom is 0.282 e. The number of para-hydroxylation sites is 1. The average molecular weight is 357 g/mol. The molecule has 1 atom stereocenters. The standard InChI is InChI=1S/C17H19N5O4/c1-20(2)15-9-18-10-16(19-15)26-12-7-8-21(11-12)17(23)13-5-3-4-6-14(13)22(24)25/h3-6,9-10,12H,7-8,11H2,1-2H3. The molecule has 136 valence electrons. The van der Waals surface area contributed by atoms with E-state index < -0.39 is 4.92 Å². The largest absolute Gasteiger partial charge is 0.471 e. The number of nitro benzene ring substituents is 1. The summed E-state index contributed by atoms with van der Waals surface area (Å²) in [5.41, 5.74) is -0.0982. The predicted molar refractivity (Wildman–Crippen MR) is 94.4 cm³/mol. The molecule has 3 rings (SSSR count). The van der Waals surface area contributed by atoms with Crippen LogP contribution in [0.4, 0.5) is 11.5 Å². The highest BCUT2D eigenvalue weighted by Crippen LogP contribution is 2.23. The molecule has 0 bridgehead atoms. The van der Waals surface area contributed by atoms with E-state index in [-0.39, 0.29) is 23.3 Å². The highest BCUT2D eigenvalue weighted by atomic mass is 16.6. The Labute approximate surface area is 150 Å². The van der Waals surface area contributed by atoms with Crippen LogP contribution >= 0.6 is 0 Å². The fourth-order valence-electron chi connectivity index (χ4n) is 2.77. The Hall–Kier alpha value is -3.23. The lowest BCUT2D eigenvalue weighted by Crippen LogP contribution is -2.31. The summed E-state index contributed by atoms with van der Waals surface area (Å²) in [5.74, 6) is 0.700. The second-order valence-corrected chi connectivity index (χ2v) is 6.16. The Morgan fingerprint density at radius 1 is 1.35 bits per heavy atom. The molecule has 0 aliphatic carbocycles. The van der Waals surface area contributed by atoms with Crippen LogP contribution in [0.25, 0.3) is 0 Å². The van der Waals surface area contributed by atoms with Crippen LogP contribution < -0.4 is 9.64 Å². The smallest absolute Gasteiger partial charge is 0.282 e. The molecule has 0 spiro atoms. The van der Waals surface area contributed by atoms with Crippen molar-refractivity contribution in [3.8, 4) is 5.88 Å². The number of hydrogen-bond donors (Lipinski definition) is 0. The van der Waals surface area contributed by atoms with Crippen LogP contribution in [-0.2, 0) is 0 Å². The molecular weight excluding hydrogens is 338 g/mol. The lowest BCUT2D eigenvalue weighted by atomic mass is 10.1. The van der Waals surface area contributed by atoms with Gasteiger partial charge in [-0.2, -0.15) is 4.98 Å². The second kappa shape index (κ2) is 7.34. The number of carbonyl (C=O) groups excluding carboxylic acids is 1. The van der Waals surface area contributed by atoms with Crippen LogP contribution in [0.5, 0.6) is 5.88 Å². The number of anilines is 1. The number of hydrogen-bond acceptors (Lipinski definition) is 7. The third-order valence-electron chi connectivity index (χ3n) is 4.11. The van der Waals surface area contributed by atoms with Crippen molar-refractivity contribution in [1.82, 2.24) is 14.9 Å². The number of rotatable bonds is 5. The van der Waals surface area contributed by atoms with Gasteiger partial charge in [0.15, 0.2) is 5.82 Å². The van der Waals surface area contributed by atoms with E-state index in [1.807, 2.05) is 19.0 Å². The summed E-state index contributed by atoms with van der Waals surface area (Å²) < 4.78 is 5.83. The van der Waals surface area contributed by atoms with Gasteiger partial charge in [0.1, 0.15) is 11.7 Å². The van der Waals surface area contributed by atoms with E-state index in [1.54, 1.807) is 23.2 Å². The van der Waals surface area contributed by atoms with Crippen molar-refractivity contribution in [2.45, 2.75) is 12.5 Å². The molecule has 9 heteroatoms. The van der Waals surface area contributed by atoms with E-state index in [0.29, 0.717) is 31.2 Å². The van der Waals surface area contributed by atoms with Gasteiger partial charge in [-0.25, -0.2) is 0 Å². The first-order valence-corrected chi connectivity index (χ1v) is 8.14. The van der Waals surface area contributed by atoms with Gasteiger partial charge in [0, 0.05) is 33.1 Å². The Balaban J connectivity index is 1.68. The van der Waals surface area contributed by atoms with Gasteiger partial charge in [-0.05, 0) is 6.07 Å². The summed E-state index contributed by atoms with van der Waals surface area (Å²) in [4.78, 5) is 35.1. The van der Waals surface area contributed by atoms with Crippen molar-refractivity contribution in [3.63, 3.8) is 0 Å². The van der Waals surface area contributed by atoms with E-state index in [9.17, 15) is 14.9 Å². The van der Waals surface area contributed by atoms with Crippen LogP contribution in [0.3, 0.4) is 0 Å². The highest BCUT2D eigenvalue weighted by molar-refractivity contribution is 5.98. The molecule has 1 unspecified atom stereocenters. The van der Waals surface area contributed by atoms with Gasteiger partial charge >= 0.3 is 0 Å². The van der Waals surface area contributed by atoms with Gasteiger partial charge in [-0.3, -0.25) is 19.9 Å². The summed E-state index contributed by atoms with van der Waals surface area (Å²) >= 11 is 0. The molecule has 9 nitrogen and oxygen atoms in total. The van der Waals surface area contributed by atoms with E-state index >= 15 is 0 Å². The molecule has 1 aliphatic rings. The minimum Gasteiger partial charge on any atom is -0.471 e. The third kappa shape index (κ3) is 3.71. The zero-order chi connectivity index (χ0) is 18.7.